The lowest BCUT2D eigenvalue weighted by Crippen LogP contribution is -2.45. The van der Waals surface area contributed by atoms with Gasteiger partial charge >= 0.3 is 0 Å². The molecule has 1 saturated carbocycles. The molecule has 0 aromatic rings. The Hall–Kier alpha value is -0.650. The zero-order valence-corrected chi connectivity index (χ0v) is 12.0. The Bertz CT molecular complexity index is 311. The average molecular weight is 270 g/mol. The minimum absolute atomic E-state index is 0.0885. The Morgan fingerprint density at radius 3 is 2.95 bits per heavy atom. The summed E-state index contributed by atoms with van der Waals surface area (Å²) in [4.78, 5) is 14.2. The highest BCUT2D eigenvalue weighted by molar-refractivity contribution is 5.81. The number of aliphatic hydroxyl groups excluding tert-OH is 1. The molecular weight excluding hydrogens is 244 g/mol. The van der Waals surface area contributed by atoms with E-state index in [-0.39, 0.29) is 18.1 Å². The number of amides is 1. The molecule has 1 amide bonds. The van der Waals surface area contributed by atoms with Crippen molar-refractivity contribution in [2.24, 2.45) is 11.8 Å². The SMILES string of the molecule is COCCCNC(=O)C(C)N1CC2CCC(O)C2C1. The number of likely N-dealkylation sites (tertiary alicyclic amines) is 1. The van der Waals surface area contributed by atoms with Gasteiger partial charge in [0.2, 0.25) is 5.91 Å². The van der Waals surface area contributed by atoms with Gasteiger partial charge in [0.1, 0.15) is 0 Å². The third-order valence-corrected chi connectivity index (χ3v) is 4.60. The lowest BCUT2D eigenvalue weighted by Gasteiger charge is -2.24. The number of ether oxygens (including phenoxy) is 1. The molecule has 0 bridgehead atoms. The number of rotatable bonds is 6. The number of nitrogens with zero attached hydrogens (tertiary/aromatic N) is 1. The molecule has 1 aliphatic carbocycles. The summed E-state index contributed by atoms with van der Waals surface area (Å²) in [5.74, 6) is 1.05. The molecule has 0 spiro atoms. The van der Waals surface area contributed by atoms with Crippen molar-refractivity contribution in [3.8, 4) is 0 Å². The van der Waals surface area contributed by atoms with Crippen LogP contribution in [0.3, 0.4) is 0 Å². The second kappa shape index (κ2) is 6.68. The van der Waals surface area contributed by atoms with Gasteiger partial charge in [0.05, 0.1) is 12.1 Å². The Morgan fingerprint density at radius 2 is 2.26 bits per heavy atom. The Morgan fingerprint density at radius 1 is 1.47 bits per heavy atom. The zero-order valence-electron chi connectivity index (χ0n) is 12.0. The van der Waals surface area contributed by atoms with Gasteiger partial charge in [-0.25, -0.2) is 0 Å². The molecule has 0 aromatic heterocycles. The van der Waals surface area contributed by atoms with Gasteiger partial charge in [-0.3, -0.25) is 9.69 Å². The first-order chi connectivity index (χ1) is 9.13. The summed E-state index contributed by atoms with van der Waals surface area (Å²) in [6, 6.07) is -0.0969. The van der Waals surface area contributed by atoms with E-state index in [1.165, 1.54) is 0 Å². The first kappa shape index (κ1) is 14.8. The molecule has 4 unspecified atom stereocenters. The van der Waals surface area contributed by atoms with Gasteiger partial charge in [0.15, 0.2) is 0 Å². The molecule has 110 valence electrons. The summed E-state index contributed by atoms with van der Waals surface area (Å²) in [6.45, 7) is 5.11. The van der Waals surface area contributed by atoms with Gasteiger partial charge in [-0.15, -0.1) is 0 Å². The van der Waals surface area contributed by atoms with Crippen LogP contribution in [-0.2, 0) is 9.53 Å². The van der Waals surface area contributed by atoms with Crippen LogP contribution in [0.2, 0.25) is 0 Å². The minimum atomic E-state index is -0.160. The van der Waals surface area contributed by atoms with Crippen molar-refractivity contribution in [3.05, 3.63) is 0 Å². The van der Waals surface area contributed by atoms with Crippen molar-refractivity contribution in [3.63, 3.8) is 0 Å². The fraction of sp³-hybridized carbons (Fsp3) is 0.929. The smallest absolute Gasteiger partial charge is 0.237 e. The molecular formula is C14H26N2O3. The highest BCUT2D eigenvalue weighted by Crippen LogP contribution is 2.38. The van der Waals surface area contributed by atoms with Crippen LogP contribution < -0.4 is 5.32 Å². The summed E-state index contributed by atoms with van der Waals surface area (Å²) in [7, 11) is 1.67. The molecule has 2 rings (SSSR count). The molecule has 2 N–H and O–H groups in total. The van der Waals surface area contributed by atoms with Gasteiger partial charge in [0.25, 0.3) is 0 Å². The quantitative estimate of drug-likeness (QED) is 0.678. The van der Waals surface area contributed by atoms with Crippen molar-refractivity contribution in [2.45, 2.75) is 38.3 Å². The summed E-state index contributed by atoms with van der Waals surface area (Å²) >= 11 is 0. The molecule has 5 nitrogen and oxygen atoms in total. The fourth-order valence-electron chi connectivity index (χ4n) is 3.33. The third kappa shape index (κ3) is 3.46. The van der Waals surface area contributed by atoms with Crippen LogP contribution in [0.4, 0.5) is 0 Å². The second-order valence-corrected chi connectivity index (χ2v) is 5.84. The minimum Gasteiger partial charge on any atom is -0.393 e. The summed E-state index contributed by atoms with van der Waals surface area (Å²) in [5.41, 5.74) is 0. The fourth-order valence-corrected chi connectivity index (χ4v) is 3.33. The standard InChI is InChI=1S/C14H26N2O3/c1-10(14(18)15-6-3-7-19-2)16-8-11-4-5-13(17)12(11)9-16/h10-13,17H,3-9H2,1-2H3,(H,15,18). The average Bonchev–Trinajstić information content (AvgIpc) is 2.96. The maximum Gasteiger partial charge on any atom is 0.237 e. The summed E-state index contributed by atoms with van der Waals surface area (Å²) in [6.07, 6.45) is 2.72. The van der Waals surface area contributed by atoms with E-state index in [0.717, 1.165) is 32.4 Å². The molecule has 0 radical (unpaired) electrons. The molecule has 4 atom stereocenters. The van der Waals surface area contributed by atoms with E-state index in [9.17, 15) is 9.90 Å². The molecule has 5 heteroatoms. The second-order valence-electron chi connectivity index (χ2n) is 5.84. The van der Waals surface area contributed by atoms with Gasteiger partial charge < -0.3 is 15.2 Å². The first-order valence-corrected chi connectivity index (χ1v) is 7.32. The van der Waals surface area contributed by atoms with Crippen LogP contribution >= 0.6 is 0 Å². The van der Waals surface area contributed by atoms with E-state index >= 15 is 0 Å². The molecule has 1 saturated heterocycles. The summed E-state index contributed by atoms with van der Waals surface area (Å²) < 4.78 is 4.96. The number of methoxy groups -OCH3 is 1. The van der Waals surface area contributed by atoms with Crippen LogP contribution in [0.5, 0.6) is 0 Å². The van der Waals surface area contributed by atoms with E-state index in [2.05, 4.69) is 10.2 Å². The maximum absolute atomic E-state index is 12.0. The van der Waals surface area contributed by atoms with Gasteiger partial charge in [-0.2, -0.15) is 0 Å². The van der Waals surface area contributed by atoms with E-state index < -0.39 is 0 Å². The molecule has 1 aliphatic heterocycles. The van der Waals surface area contributed by atoms with Crippen LogP contribution in [0, 0.1) is 11.8 Å². The number of hydrogen-bond donors (Lipinski definition) is 2. The number of nitrogens with one attached hydrogen (secondary N) is 1. The van der Waals surface area contributed by atoms with Gasteiger partial charge in [-0.05, 0) is 32.1 Å². The van der Waals surface area contributed by atoms with Crippen molar-refractivity contribution in [2.75, 3.05) is 33.4 Å². The predicted octanol–water partition coefficient (Wildman–Crippen LogP) is 0.230. The van der Waals surface area contributed by atoms with Crippen molar-refractivity contribution in [1.29, 1.82) is 0 Å². The lowest BCUT2D eigenvalue weighted by molar-refractivity contribution is -0.125. The third-order valence-electron chi connectivity index (χ3n) is 4.60. The van der Waals surface area contributed by atoms with Gasteiger partial charge in [-0.1, -0.05) is 0 Å². The zero-order chi connectivity index (χ0) is 13.8. The first-order valence-electron chi connectivity index (χ1n) is 7.32. The monoisotopic (exact) mass is 270 g/mol. The molecule has 2 aliphatic rings. The number of hydrogen-bond acceptors (Lipinski definition) is 4. The Kier molecular flexibility index (Phi) is 5.19. The van der Waals surface area contributed by atoms with Gasteiger partial charge in [0, 0.05) is 39.3 Å². The highest BCUT2D eigenvalue weighted by atomic mass is 16.5. The lowest BCUT2D eigenvalue weighted by atomic mass is 10.00. The van der Waals surface area contributed by atoms with E-state index in [1.54, 1.807) is 7.11 Å². The predicted molar refractivity (Wildman–Crippen MR) is 72.8 cm³/mol. The van der Waals surface area contributed by atoms with Crippen molar-refractivity contribution < 1.29 is 14.6 Å². The van der Waals surface area contributed by atoms with Crippen LogP contribution in [0.1, 0.15) is 26.2 Å². The van der Waals surface area contributed by atoms with E-state index in [1.807, 2.05) is 6.92 Å². The topological polar surface area (TPSA) is 61.8 Å². The Balaban J connectivity index is 1.74. The molecule has 2 fully saturated rings. The van der Waals surface area contributed by atoms with Crippen LogP contribution in [-0.4, -0.2) is 61.4 Å². The number of fused-ring (bicyclic) bond motifs is 1. The number of carbonyl (C=O) groups is 1. The molecule has 19 heavy (non-hydrogen) atoms. The van der Waals surface area contributed by atoms with Crippen LogP contribution in [0.15, 0.2) is 0 Å². The Labute approximate surface area is 115 Å². The normalized spacial score (nSPS) is 32.3. The molecule has 0 aromatic carbocycles. The highest BCUT2D eigenvalue weighted by Gasteiger charge is 2.43. The maximum atomic E-state index is 12.0. The van der Waals surface area contributed by atoms with E-state index in [4.69, 9.17) is 4.74 Å². The van der Waals surface area contributed by atoms with Crippen molar-refractivity contribution >= 4 is 5.91 Å². The summed E-state index contributed by atoms with van der Waals surface area (Å²) in [5, 5.41) is 12.8. The van der Waals surface area contributed by atoms with Crippen LogP contribution in [0.25, 0.3) is 0 Å². The van der Waals surface area contributed by atoms with E-state index in [0.29, 0.717) is 25.0 Å². The largest absolute Gasteiger partial charge is 0.393 e. The van der Waals surface area contributed by atoms with Crippen molar-refractivity contribution in [1.82, 2.24) is 10.2 Å². The number of carbonyl (C=O) groups excluding carboxylic acids is 1. The molecule has 1 heterocycles. The number of aliphatic hydroxyl groups is 1.